The van der Waals surface area contributed by atoms with Crippen LogP contribution >= 0.6 is 15.6 Å². The molecule has 0 fully saturated rings. The van der Waals surface area contributed by atoms with Gasteiger partial charge in [-0.15, -0.1) is 0 Å². The molecule has 0 unspecified atom stereocenters. The number of azo groups is 1. The molecule has 0 aliphatic rings. The van der Waals surface area contributed by atoms with E-state index in [-0.39, 0.29) is 0 Å². The number of benzene rings is 2. The molecular formula is C12H17N3O8P2. The largest absolute Gasteiger partial charge is 0.466 e. The molecule has 0 spiro atoms. The molecular weight excluding hydrogens is 376 g/mol. The fraction of sp³-hybridized carbons (Fsp3) is 0. The molecule has 8 N–H and O–H groups in total. The molecule has 0 aromatic heterocycles. The van der Waals surface area contributed by atoms with Gasteiger partial charge in [0.25, 0.3) is 0 Å². The van der Waals surface area contributed by atoms with Gasteiger partial charge in [0, 0.05) is 5.69 Å². The summed E-state index contributed by atoms with van der Waals surface area (Å²) in [6.45, 7) is 0. The fourth-order valence-electron chi connectivity index (χ4n) is 1.15. The monoisotopic (exact) mass is 393 g/mol. The lowest BCUT2D eigenvalue weighted by Crippen LogP contribution is -1.80. The molecule has 2 aromatic rings. The molecule has 138 valence electrons. The quantitative estimate of drug-likeness (QED) is 0.225. The first-order valence-electron chi connectivity index (χ1n) is 6.23. The molecule has 25 heavy (non-hydrogen) atoms. The maximum atomic E-state index is 8.88. The van der Waals surface area contributed by atoms with E-state index in [9.17, 15) is 0 Å². The van der Waals surface area contributed by atoms with Gasteiger partial charge in [-0.1, -0.05) is 18.2 Å². The minimum absolute atomic E-state index is 0.730. The second-order valence-electron chi connectivity index (χ2n) is 4.15. The van der Waals surface area contributed by atoms with Crippen molar-refractivity contribution in [2.75, 3.05) is 5.73 Å². The van der Waals surface area contributed by atoms with E-state index in [2.05, 4.69) is 10.2 Å². The van der Waals surface area contributed by atoms with E-state index in [0.29, 0.717) is 0 Å². The SMILES string of the molecule is Nc1ccc(/N=N/c2ccccc2)cc1.O=P(O)(O)O.O=P(O)(O)O. The van der Waals surface area contributed by atoms with Gasteiger partial charge in [-0.05, 0) is 36.4 Å². The summed E-state index contributed by atoms with van der Waals surface area (Å²) in [7, 11) is -9.28. The van der Waals surface area contributed by atoms with Crippen molar-refractivity contribution in [3.8, 4) is 0 Å². The summed E-state index contributed by atoms with van der Waals surface area (Å²) in [6, 6.07) is 16.9. The van der Waals surface area contributed by atoms with Crippen molar-refractivity contribution in [1.29, 1.82) is 0 Å². The number of rotatable bonds is 2. The van der Waals surface area contributed by atoms with Gasteiger partial charge in [0.15, 0.2) is 0 Å². The van der Waals surface area contributed by atoms with Crippen molar-refractivity contribution in [1.82, 2.24) is 0 Å². The summed E-state index contributed by atoms with van der Waals surface area (Å²) < 4.78 is 17.8. The molecule has 13 heteroatoms. The summed E-state index contributed by atoms with van der Waals surface area (Å²) in [4.78, 5) is 43.1. The van der Waals surface area contributed by atoms with Crippen molar-refractivity contribution < 1.29 is 38.5 Å². The van der Waals surface area contributed by atoms with E-state index >= 15 is 0 Å². The van der Waals surface area contributed by atoms with Crippen LogP contribution in [0.25, 0.3) is 0 Å². The molecule has 0 heterocycles. The van der Waals surface area contributed by atoms with Crippen LogP contribution in [0.15, 0.2) is 64.8 Å². The first kappa shape index (κ1) is 23.1. The second kappa shape index (κ2) is 10.8. The minimum Gasteiger partial charge on any atom is -0.399 e. The predicted molar refractivity (Wildman–Crippen MR) is 90.0 cm³/mol. The molecule has 0 atom stereocenters. The first-order chi connectivity index (χ1) is 11.3. The number of anilines is 1. The molecule has 0 saturated carbocycles. The molecule has 0 aliphatic carbocycles. The Kier molecular flexibility index (Phi) is 9.99. The van der Waals surface area contributed by atoms with Gasteiger partial charge in [-0.3, -0.25) is 0 Å². The molecule has 11 nitrogen and oxygen atoms in total. The van der Waals surface area contributed by atoms with Gasteiger partial charge in [0.2, 0.25) is 0 Å². The van der Waals surface area contributed by atoms with Crippen molar-refractivity contribution >= 4 is 32.7 Å². The van der Waals surface area contributed by atoms with Gasteiger partial charge in [-0.25, -0.2) is 9.13 Å². The number of nitrogens with zero attached hydrogens (tertiary/aromatic N) is 2. The Hall–Kier alpha value is -1.94. The third-order valence-electron chi connectivity index (χ3n) is 1.93. The normalized spacial score (nSPS) is 11.1. The van der Waals surface area contributed by atoms with Crippen LogP contribution in [0.2, 0.25) is 0 Å². The first-order valence-corrected chi connectivity index (χ1v) is 9.36. The van der Waals surface area contributed by atoms with E-state index < -0.39 is 15.6 Å². The predicted octanol–water partition coefficient (Wildman–Crippen LogP) is 1.83. The zero-order valence-electron chi connectivity index (χ0n) is 12.6. The summed E-state index contributed by atoms with van der Waals surface area (Å²) in [5, 5.41) is 8.18. The fourth-order valence-corrected chi connectivity index (χ4v) is 1.15. The minimum atomic E-state index is -4.64. The highest BCUT2D eigenvalue weighted by Crippen LogP contribution is 2.26. The number of phosphoric acid groups is 2. The van der Waals surface area contributed by atoms with E-state index in [1.807, 2.05) is 42.5 Å². The van der Waals surface area contributed by atoms with Gasteiger partial charge < -0.3 is 35.1 Å². The number of hydrogen-bond donors (Lipinski definition) is 7. The average molecular weight is 393 g/mol. The van der Waals surface area contributed by atoms with Crippen molar-refractivity contribution in [2.45, 2.75) is 0 Å². The van der Waals surface area contributed by atoms with Crippen LogP contribution in [-0.2, 0) is 9.13 Å². The Balaban J connectivity index is 0.000000480. The molecule has 0 saturated heterocycles. The Bertz CT molecular complexity index is 706. The molecule has 2 rings (SSSR count). The van der Waals surface area contributed by atoms with E-state index in [1.54, 1.807) is 12.1 Å². The van der Waals surface area contributed by atoms with Crippen LogP contribution in [0.1, 0.15) is 0 Å². The van der Waals surface area contributed by atoms with Crippen LogP contribution in [0.5, 0.6) is 0 Å². The highest BCUT2D eigenvalue weighted by Gasteiger charge is 2.00. The summed E-state index contributed by atoms with van der Waals surface area (Å²) >= 11 is 0. The summed E-state index contributed by atoms with van der Waals surface area (Å²) in [5.74, 6) is 0. The van der Waals surface area contributed by atoms with Crippen LogP contribution in [0, 0.1) is 0 Å². The third kappa shape index (κ3) is 20.0. The van der Waals surface area contributed by atoms with Gasteiger partial charge in [-0.2, -0.15) is 10.2 Å². The lowest BCUT2D eigenvalue weighted by Gasteiger charge is -1.93. The van der Waals surface area contributed by atoms with E-state index in [4.69, 9.17) is 44.2 Å². The highest BCUT2D eigenvalue weighted by molar-refractivity contribution is 7.45. The highest BCUT2D eigenvalue weighted by atomic mass is 31.2. The van der Waals surface area contributed by atoms with Gasteiger partial charge in [0.05, 0.1) is 11.4 Å². The number of hydrogen-bond acceptors (Lipinski definition) is 5. The Morgan fingerprint density at radius 1 is 0.640 bits per heavy atom. The Labute approximate surface area is 142 Å². The number of nitrogen functional groups attached to an aromatic ring is 1. The van der Waals surface area contributed by atoms with Crippen LogP contribution < -0.4 is 5.73 Å². The maximum Gasteiger partial charge on any atom is 0.466 e. The van der Waals surface area contributed by atoms with Crippen LogP contribution in [0.3, 0.4) is 0 Å². The second-order valence-corrected chi connectivity index (χ2v) is 6.21. The summed E-state index contributed by atoms with van der Waals surface area (Å²) in [5.41, 5.74) is 7.93. The zero-order valence-corrected chi connectivity index (χ0v) is 14.4. The Morgan fingerprint density at radius 3 is 1.32 bits per heavy atom. The lowest BCUT2D eigenvalue weighted by atomic mass is 10.3. The third-order valence-corrected chi connectivity index (χ3v) is 1.93. The molecule has 0 bridgehead atoms. The molecule has 2 aromatic carbocycles. The topological polar surface area (TPSA) is 206 Å². The standard InChI is InChI=1S/C12H11N3.2H3O4P/c13-10-6-8-12(9-7-10)15-14-11-4-2-1-3-5-11;2*1-5(2,3)4/h1-9H,13H2;2*(H3,1,2,3,4)/b15-14+;;. The molecule has 0 amide bonds. The van der Waals surface area contributed by atoms with Crippen molar-refractivity contribution in [3.63, 3.8) is 0 Å². The lowest BCUT2D eigenvalue weighted by molar-refractivity contribution is 0.272. The average Bonchev–Trinajstić information content (AvgIpc) is 2.44. The van der Waals surface area contributed by atoms with Crippen molar-refractivity contribution in [2.24, 2.45) is 10.2 Å². The number of nitrogens with two attached hydrogens (primary N) is 1. The summed E-state index contributed by atoms with van der Waals surface area (Å²) in [6.07, 6.45) is 0. The van der Waals surface area contributed by atoms with E-state index in [0.717, 1.165) is 17.1 Å². The van der Waals surface area contributed by atoms with Gasteiger partial charge >= 0.3 is 15.6 Å². The molecule has 0 radical (unpaired) electrons. The maximum absolute atomic E-state index is 8.88. The van der Waals surface area contributed by atoms with Crippen LogP contribution in [0.4, 0.5) is 17.1 Å². The van der Waals surface area contributed by atoms with Gasteiger partial charge in [0.1, 0.15) is 0 Å². The van der Waals surface area contributed by atoms with E-state index in [1.165, 1.54) is 0 Å². The van der Waals surface area contributed by atoms with Crippen molar-refractivity contribution in [3.05, 3.63) is 54.6 Å². The zero-order chi connectivity index (χ0) is 19.5. The van der Waals surface area contributed by atoms with Crippen LogP contribution in [-0.4, -0.2) is 29.4 Å². The molecule has 0 aliphatic heterocycles. The smallest absolute Gasteiger partial charge is 0.399 e. The Morgan fingerprint density at radius 2 is 0.960 bits per heavy atom.